The van der Waals surface area contributed by atoms with Crippen LogP contribution in [-0.4, -0.2) is 29.5 Å². The minimum Gasteiger partial charge on any atom is -0.508 e. The van der Waals surface area contributed by atoms with Crippen molar-refractivity contribution in [3.8, 4) is 5.75 Å². The molecule has 1 rings (SSSR count). The summed E-state index contributed by atoms with van der Waals surface area (Å²) in [5, 5.41) is 19.2. The second-order valence-electron chi connectivity index (χ2n) is 4.08. The van der Waals surface area contributed by atoms with Gasteiger partial charge in [-0.05, 0) is 31.0 Å². The summed E-state index contributed by atoms with van der Waals surface area (Å²) in [5.74, 6) is -2.05. The third-order valence-electron chi connectivity index (χ3n) is 3.04. The fourth-order valence-corrected chi connectivity index (χ4v) is 1.72. The molecule has 0 bridgehead atoms. The van der Waals surface area contributed by atoms with E-state index in [1.165, 1.54) is 13.8 Å². The number of carbonyl (C=O) groups is 1. The number of phenolic OH excluding ortho intramolecular Hbond substituents is 1. The highest BCUT2D eigenvalue weighted by Crippen LogP contribution is 2.42. The number of hydrogen-bond acceptors (Lipinski definition) is 4. The van der Waals surface area contributed by atoms with Gasteiger partial charge in [0.05, 0.1) is 7.11 Å². The maximum atomic E-state index is 13.0. The van der Waals surface area contributed by atoms with Crippen molar-refractivity contribution >= 4 is 5.97 Å². The fraction of sp³-hybridized carbons (Fsp3) is 0.417. The Morgan fingerprint density at radius 2 is 1.74 bits per heavy atom. The van der Waals surface area contributed by atoms with E-state index in [-0.39, 0.29) is 16.9 Å². The maximum absolute atomic E-state index is 13.0. The first kappa shape index (κ1) is 15.3. The lowest BCUT2D eigenvalue weighted by Crippen LogP contribution is -2.50. The molecule has 0 unspecified atom stereocenters. The van der Waals surface area contributed by atoms with E-state index in [0.717, 1.165) is 19.2 Å². The van der Waals surface area contributed by atoms with E-state index in [0.29, 0.717) is 0 Å². The number of esters is 1. The monoisotopic (exact) mass is 278 g/mol. The van der Waals surface area contributed by atoms with E-state index in [9.17, 15) is 28.2 Å². The van der Waals surface area contributed by atoms with Crippen LogP contribution in [0.3, 0.4) is 0 Å². The first-order valence-electron chi connectivity index (χ1n) is 5.24. The minimum atomic E-state index is -5.24. The summed E-state index contributed by atoms with van der Waals surface area (Å²) >= 11 is 0. The highest BCUT2D eigenvalue weighted by molar-refractivity contribution is 5.83. The predicted molar refractivity (Wildman–Crippen MR) is 59.5 cm³/mol. The molecule has 4 nitrogen and oxygen atoms in total. The van der Waals surface area contributed by atoms with E-state index in [4.69, 9.17) is 0 Å². The molecule has 0 radical (unpaired) electrons. The van der Waals surface area contributed by atoms with Crippen LogP contribution in [0.25, 0.3) is 0 Å². The van der Waals surface area contributed by atoms with Crippen molar-refractivity contribution in [2.75, 3.05) is 7.11 Å². The quantitative estimate of drug-likeness (QED) is 0.811. The van der Waals surface area contributed by atoms with Gasteiger partial charge in [0.1, 0.15) is 5.75 Å². The van der Waals surface area contributed by atoms with Crippen molar-refractivity contribution in [1.29, 1.82) is 0 Å². The Hall–Kier alpha value is -1.76. The Bertz CT molecular complexity index is 510. The molecule has 0 saturated carbocycles. The first-order valence-corrected chi connectivity index (χ1v) is 5.24. The van der Waals surface area contributed by atoms with Gasteiger partial charge in [0, 0.05) is 5.56 Å². The molecule has 1 atom stereocenters. The number of phenols is 1. The lowest BCUT2D eigenvalue weighted by molar-refractivity contribution is -0.267. The van der Waals surface area contributed by atoms with Crippen molar-refractivity contribution in [1.82, 2.24) is 0 Å². The van der Waals surface area contributed by atoms with Gasteiger partial charge in [-0.1, -0.05) is 6.07 Å². The van der Waals surface area contributed by atoms with Gasteiger partial charge in [-0.3, -0.25) is 0 Å². The Labute approximate surface area is 107 Å². The predicted octanol–water partition coefficient (Wildman–Crippen LogP) is 1.93. The van der Waals surface area contributed by atoms with Crippen molar-refractivity contribution in [2.45, 2.75) is 25.6 Å². The Kier molecular flexibility index (Phi) is 3.81. The minimum absolute atomic E-state index is 0.0368. The molecule has 2 N–H and O–H groups in total. The lowest BCUT2D eigenvalue weighted by Gasteiger charge is -2.29. The third kappa shape index (κ3) is 2.25. The van der Waals surface area contributed by atoms with Crippen LogP contribution in [0.5, 0.6) is 5.75 Å². The molecule has 7 heteroatoms. The third-order valence-corrected chi connectivity index (χ3v) is 3.04. The molecule has 0 spiro atoms. The second-order valence-corrected chi connectivity index (χ2v) is 4.08. The fourth-order valence-electron chi connectivity index (χ4n) is 1.72. The van der Waals surface area contributed by atoms with Crippen molar-refractivity contribution < 1.29 is 32.9 Å². The number of halogens is 3. The molecule has 19 heavy (non-hydrogen) atoms. The Balaban J connectivity index is 3.61. The Morgan fingerprint density at radius 3 is 2.16 bits per heavy atom. The number of carbonyl (C=O) groups excluding carboxylic acids is 1. The van der Waals surface area contributed by atoms with Crippen LogP contribution in [0.4, 0.5) is 13.2 Å². The molecule has 0 saturated heterocycles. The molecule has 0 aromatic heterocycles. The molecule has 1 aromatic carbocycles. The average Bonchev–Trinajstić information content (AvgIpc) is 2.32. The van der Waals surface area contributed by atoms with Crippen molar-refractivity contribution in [3.63, 3.8) is 0 Å². The van der Waals surface area contributed by atoms with E-state index < -0.39 is 23.3 Å². The van der Waals surface area contributed by atoms with Crippen LogP contribution >= 0.6 is 0 Å². The number of methoxy groups -OCH3 is 1. The van der Waals surface area contributed by atoms with Crippen LogP contribution in [0.15, 0.2) is 12.1 Å². The number of benzene rings is 1. The standard InChI is InChI=1S/C12H13F3O4/c1-6-7(2)9(16)5-4-8(6)11(18,10(17)19-3)12(13,14)15/h4-5,16,18H,1-3H3/t11-/m1/s1. The number of rotatable bonds is 2. The molecule has 1 aromatic rings. The van der Waals surface area contributed by atoms with Gasteiger partial charge >= 0.3 is 12.1 Å². The van der Waals surface area contributed by atoms with E-state index in [2.05, 4.69) is 4.74 Å². The summed E-state index contributed by atoms with van der Waals surface area (Å²) in [6.45, 7) is 2.65. The van der Waals surface area contributed by atoms with Crippen LogP contribution in [-0.2, 0) is 15.1 Å². The summed E-state index contributed by atoms with van der Waals surface area (Å²) in [6, 6.07) is 1.83. The molecular formula is C12H13F3O4. The molecule has 0 aliphatic heterocycles. The van der Waals surface area contributed by atoms with Gasteiger partial charge in [-0.2, -0.15) is 13.2 Å². The molecule has 0 aliphatic rings. The number of alkyl halides is 3. The van der Waals surface area contributed by atoms with Gasteiger partial charge in [0.25, 0.3) is 5.60 Å². The van der Waals surface area contributed by atoms with Gasteiger partial charge in [0.15, 0.2) is 0 Å². The summed E-state index contributed by atoms with van der Waals surface area (Å²) < 4.78 is 43.1. The smallest absolute Gasteiger partial charge is 0.432 e. The maximum Gasteiger partial charge on any atom is 0.432 e. The number of hydrogen-bond donors (Lipinski definition) is 2. The van der Waals surface area contributed by atoms with Crippen LogP contribution in [0.1, 0.15) is 16.7 Å². The van der Waals surface area contributed by atoms with Crippen molar-refractivity contribution in [2.24, 2.45) is 0 Å². The lowest BCUT2D eigenvalue weighted by atomic mass is 9.87. The summed E-state index contributed by atoms with van der Waals surface area (Å²) in [5.41, 5.74) is -4.32. The molecule has 0 fully saturated rings. The van der Waals surface area contributed by atoms with Gasteiger partial charge in [-0.15, -0.1) is 0 Å². The molecule has 106 valence electrons. The summed E-state index contributed by atoms with van der Waals surface area (Å²) in [6.07, 6.45) is -5.24. The van der Waals surface area contributed by atoms with Gasteiger partial charge < -0.3 is 14.9 Å². The zero-order valence-corrected chi connectivity index (χ0v) is 10.5. The zero-order valence-electron chi connectivity index (χ0n) is 10.5. The largest absolute Gasteiger partial charge is 0.508 e. The molecule has 0 amide bonds. The topological polar surface area (TPSA) is 66.8 Å². The molecule has 0 heterocycles. The van der Waals surface area contributed by atoms with Crippen LogP contribution < -0.4 is 0 Å². The van der Waals surface area contributed by atoms with Crippen LogP contribution in [0.2, 0.25) is 0 Å². The normalized spacial score (nSPS) is 14.9. The number of aliphatic hydroxyl groups is 1. The van der Waals surface area contributed by atoms with Gasteiger partial charge in [0.2, 0.25) is 0 Å². The highest BCUT2D eigenvalue weighted by atomic mass is 19.4. The first-order chi connectivity index (χ1) is 8.57. The van der Waals surface area contributed by atoms with Crippen LogP contribution in [0, 0.1) is 13.8 Å². The second kappa shape index (κ2) is 4.73. The summed E-state index contributed by atoms with van der Waals surface area (Å²) in [7, 11) is 0.752. The van der Waals surface area contributed by atoms with E-state index in [1.807, 2.05) is 0 Å². The van der Waals surface area contributed by atoms with E-state index in [1.54, 1.807) is 0 Å². The van der Waals surface area contributed by atoms with E-state index >= 15 is 0 Å². The number of aromatic hydroxyl groups is 1. The van der Waals surface area contributed by atoms with Crippen molar-refractivity contribution in [3.05, 3.63) is 28.8 Å². The average molecular weight is 278 g/mol. The van der Waals surface area contributed by atoms with Gasteiger partial charge in [-0.25, -0.2) is 4.79 Å². The Morgan fingerprint density at radius 1 is 1.21 bits per heavy atom. The molecule has 0 aliphatic carbocycles. The number of ether oxygens (including phenoxy) is 1. The summed E-state index contributed by atoms with van der Waals surface area (Å²) in [4.78, 5) is 11.4. The SMILES string of the molecule is COC(=O)[C@](O)(c1ccc(O)c(C)c1C)C(F)(F)F. The highest BCUT2D eigenvalue weighted by Gasteiger charge is 2.62. The zero-order chi connectivity index (χ0) is 15.0. The molecular weight excluding hydrogens is 265 g/mol.